The van der Waals surface area contributed by atoms with Crippen molar-refractivity contribution in [1.29, 1.82) is 0 Å². The Labute approximate surface area is 188 Å². The van der Waals surface area contributed by atoms with E-state index in [1.165, 1.54) is 14.2 Å². The summed E-state index contributed by atoms with van der Waals surface area (Å²) in [5, 5.41) is 0. The number of nitrogens with zero attached hydrogens (tertiary/aromatic N) is 2. The van der Waals surface area contributed by atoms with E-state index in [1.807, 2.05) is 38.4 Å². The van der Waals surface area contributed by atoms with Crippen molar-refractivity contribution in [2.75, 3.05) is 64.4 Å². The van der Waals surface area contributed by atoms with Crippen LogP contribution in [-0.2, 0) is 38.1 Å². The summed E-state index contributed by atoms with van der Waals surface area (Å²) < 4.78 is 19.0. The summed E-state index contributed by atoms with van der Waals surface area (Å²) in [5.74, 6) is -2.46. The second-order valence-corrected chi connectivity index (χ2v) is 6.99. The smallest absolute Gasteiger partial charge is 0.317 e. The van der Waals surface area contributed by atoms with Crippen LogP contribution < -0.4 is 9.80 Å². The van der Waals surface area contributed by atoms with Gasteiger partial charge in [0, 0.05) is 27.2 Å². The maximum Gasteiger partial charge on any atom is 0.317 e. The minimum atomic E-state index is -0.623. The van der Waals surface area contributed by atoms with Crippen LogP contribution in [0.25, 0.3) is 0 Å². The van der Waals surface area contributed by atoms with Gasteiger partial charge in [-0.25, -0.2) is 0 Å². The number of methoxy groups -OCH3 is 2. The number of carbonyl (C=O) groups is 4. The van der Waals surface area contributed by atoms with Crippen molar-refractivity contribution in [3.8, 4) is 0 Å². The first-order valence-electron chi connectivity index (χ1n) is 10.2. The summed E-state index contributed by atoms with van der Waals surface area (Å²) in [4.78, 5) is 49.2. The molecule has 0 heterocycles. The van der Waals surface area contributed by atoms with E-state index in [9.17, 15) is 19.2 Å². The zero-order valence-corrected chi connectivity index (χ0v) is 19.1. The lowest BCUT2D eigenvalue weighted by atomic mass is 10.2. The zero-order valence-electron chi connectivity index (χ0n) is 19.1. The molecule has 0 fully saturated rings. The van der Waals surface area contributed by atoms with Crippen molar-refractivity contribution in [3.63, 3.8) is 0 Å². The topological polar surface area (TPSA) is 112 Å². The van der Waals surface area contributed by atoms with Gasteiger partial charge >= 0.3 is 23.9 Å². The zero-order chi connectivity index (χ0) is 23.9. The second-order valence-electron chi connectivity index (χ2n) is 6.99. The molecule has 0 spiro atoms. The SMILES string of the molecule is COC(=O)CC(=O)OCCCN(C)c1ccccc1N(C)CCCOC(=O)CC(=O)OC. The molecule has 10 nitrogen and oxygen atoms in total. The second kappa shape index (κ2) is 14.7. The molecular weight excluding hydrogens is 420 g/mol. The third-order valence-electron chi connectivity index (χ3n) is 4.54. The highest BCUT2D eigenvalue weighted by Crippen LogP contribution is 2.27. The fourth-order valence-corrected chi connectivity index (χ4v) is 2.81. The van der Waals surface area contributed by atoms with E-state index >= 15 is 0 Å². The molecule has 0 saturated carbocycles. The van der Waals surface area contributed by atoms with Gasteiger partial charge in [-0.1, -0.05) is 12.1 Å². The van der Waals surface area contributed by atoms with Crippen molar-refractivity contribution in [2.24, 2.45) is 0 Å². The molecule has 0 aliphatic rings. The van der Waals surface area contributed by atoms with Gasteiger partial charge in [0.15, 0.2) is 0 Å². The standard InChI is InChI=1S/C22H32N2O8/c1-23(11-7-13-31-21(27)15-19(25)29-3)17-9-5-6-10-18(17)24(2)12-8-14-32-22(28)16-20(26)30-4/h5-6,9-10H,7-8,11-16H2,1-4H3. The van der Waals surface area contributed by atoms with Gasteiger partial charge in [-0.15, -0.1) is 0 Å². The summed E-state index contributed by atoms with van der Waals surface area (Å²) in [6.07, 6.45) is 0.408. The molecule has 1 aromatic carbocycles. The van der Waals surface area contributed by atoms with E-state index in [0.29, 0.717) is 25.9 Å². The van der Waals surface area contributed by atoms with E-state index in [-0.39, 0.29) is 13.2 Å². The number of rotatable bonds is 14. The first-order chi connectivity index (χ1) is 15.3. The van der Waals surface area contributed by atoms with Gasteiger partial charge < -0.3 is 28.7 Å². The molecule has 10 heteroatoms. The van der Waals surface area contributed by atoms with E-state index < -0.39 is 36.7 Å². The minimum absolute atomic E-state index is 0.203. The normalized spacial score (nSPS) is 10.1. The highest BCUT2D eigenvalue weighted by atomic mass is 16.6. The van der Waals surface area contributed by atoms with Crippen LogP contribution in [0.15, 0.2) is 24.3 Å². The lowest BCUT2D eigenvalue weighted by Gasteiger charge is -2.28. The summed E-state index contributed by atoms with van der Waals surface area (Å²) in [7, 11) is 6.32. The van der Waals surface area contributed by atoms with Crippen molar-refractivity contribution in [1.82, 2.24) is 0 Å². The molecule has 0 bridgehead atoms. The molecule has 0 N–H and O–H groups in total. The monoisotopic (exact) mass is 452 g/mol. The van der Waals surface area contributed by atoms with Gasteiger partial charge in [0.05, 0.1) is 38.8 Å². The predicted octanol–water partition coefficient (Wildman–Crippen LogP) is 1.55. The van der Waals surface area contributed by atoms with Crippen LogP contribution in [0.2, 0.25) is 0 Å². The Morgan fingerprint density at radius 3 is 1.41 bits per heavy atom. The molecule has 1 rings (SSSR count). The fraction of sp³-hybridized carbons (Fsp3) is 0.545. The van der Waals surface area contributed by atoms with Gasteiger partial charge in [0.2, 0.25) is 0 Å². The molecule has 0 aliphatic heterocycles. The molecule has 178 valence electrons. The van der Waals surface area contributed by atoms with E-state index in [0.717, 1.165) is 11.4 Å². The molecule has 0 aliphatic carbocycles. The van der Waals surface area contributed by atoms with Crippen LogP contribution in [-0.4, -0.2) is 78.5 Å². The molecule has 0 radical (unpaired) electrons. The van der Waals surface area contributed by atoms with Crippen molar-refractivity contribution in [3.05, 3.63) is 24.3 Å². The average Bonchev–Trinajstić information content (AvgIpc) is 2.78. The number of ether oxygens (including phenoxy) is 4. The van der Waals surface area contributed by atoms with Gasteiger partial charge in [-0.05, 0) is 25.0 Å². The van der Waals surface area contributed by atoms with Crippen LogP contribution in [0.3, 0.4) is 0 Å². The summed E-state index contributed by atoms with van der Waals surface area (Å²) in [6.45, 7) is 1.69. The van der Waals surface area contributed by atoms with Crippen LogP contribution in [0, 0.1) is 0 Å². The largest absolute Gasteiger partial charge is 0.469 e. The van der Waals surface area contributed by atoms with E-state index in [2.05, 4.69) is 19.3 Å². The molecule has 0 unspecified atom stereocenters. The Hall–Kier alpha value is -3.30. The van der Waals surface area contributed by atoms with Crippen LogP contribution in [0.4, 0.5) is 11.4 Å². The molecule has 32 heavy (non-hydrogen) atoms. The first-order valence-corrected chi connectivity index (χ1v) is 10.2. The molecule has 1 aromatic rings. The predicted molar refractivity (Wildman–Crippen MR) is 117 cm³/mol. The van der Waals surface area contributed by atoms with Gasteiger partial charge in [0.25, 0.3) is 0 Å². The average molecular weight is 453 g/mol. The molecule has 0 aromatic heterocycles. The minimum Gasteiger partial charge on any atom is -0.469 e. The van der Waals surface area contributed by atoms with Gasteiger partial charge in [0.1, 0.15) is 12.8 Å². The van der Waals surface area contributed by atoms with E-state index in [4.69, 9.17) is 9.47 Å². The van der Waals surface area contributed by atoms with Gasteiger partial charge in [-0.2, -0.15) is 0 Å². The Balaban J connectivity index is 2.45. The third kappa shape index (κ3) is 10.1. The van der Waals surface area contributed by atoms with Gasteiger partial charge in [-0.3, -0.25) is 19.2 Å². The summed E-state index contributed by atoms with van der Waals surface area (Å²) >= 11 is 0. The summed E-state index contributed by atoms with van der Waals surface area (Å²) in [5.41, 5.74) is 2.00. The van der Waals surface area contributed by atoms with Crippen molar-refractivity contribution in [2.45, 2.75) is 25.7 Å². The Kier molecular flexibility index (Phi) is 12.2. The maximum absolute atomic E-state index is 11.5. The number of benzene rings is 1. The number of hydrogen-bond acceptors (Lipinski definition) is 10. The van der Waals surface area contributed by atoms with Crippen LogP contribution in [0.1, 0.15) is 25.7 Å². The highest BCUT2D eigenvalue weighted by molar-refractivity contribution is 5.91. The van der Waals surface area contributed by atoms with Crippen molar-refractivity contribution >= 4 is 35.3 Å². The fourth-order valence-electron chi connectivity index (χ4n) is 2.81. The molecular formula is C22H32N2O8. The van der Waals surface area contributed by atoms with E-state index in [1.54, 1.807) is 0 Å². The molecule has 0 amide bonds. The lowest BCUT2D eigenvalue weighted by Crippen LogP contribution is -2.26. The van der Waals surface area contributed by atoms with Crippen LogP contribution in [0.5, 0.6) is 0 Å². The highest BCUT2D eigenvalue weighted by Gasteiger charge is 2.14. The molecule has 0 saturated heterocycles. The first kappa shape index (κ1) is 26.7. The number of para-hydroxylation sites is 2. The van der Waals surface area contributed by atoms with Crippen molar-refractivity contribution < 1.29 is 38.1 Å². The number of hydrogen-bond donors (Lipinski definition) is 0. The quantitative estimate of drug-likeness (QED) is 0.178. The van der Waals surface area contributed by atoms with Crippen LogP contribution >= 0.6 is 0 Å². The number of esters is 4. The maximum atomic E-state index is 11.5. The number of carbonyl (C=O) groups excluding carboxylic acids is 4. The summed E-state index contributed by atoms with van der Waals surface area (Å²) in [6, 6.07) is 7.86. The molecule has 0 atom stereocenters. The Morgan fingerprint density at radius 1 is 0.688 bits per heavy atom. The Morgan fingerprint density at radius 2 is 1.06 bits per heavy atom. The Bertz CT molecular complexity index is 705. The lowest BCUT2D eigenvalue weighted by molar-refractivity contribution is -0.154. The third-order valence-corrected chi connectivity index (χ3v) is 4.54. The number of anilines is 2.